The number of hydrogen-bond acceptors (Lipinski definition) is 4. The van der Waals surface area contributed by atoms with Crippen molar-refractivity contribution in [2.45, 2.75) is 13.8 Å². The van der Waals surface area contributed by atoms with Gasteiger partial charge in [0, 0.05) is 33.5 Å². The van der Waals surface area contributed by atoms with Crippen molar-refractivity contribution in [1.82, 2.24) is 0 Å². The fourth-order valence-electron chi connectivity index (χ4n) is 3.07. The van der Waals surface area contributed by atoms with E-state index < -0.39 is 0 Å². The highest BCUT2D eigenvalue weighted by Gasteiger charge is 2.02. The van der Waals surface area contributed by atoms with E-state index in [0.717, 1.165) is 44.6 Å². The van der Waals surface area contributed by atoms with Gasteiger partial charge in [0.05, 0.1) is 0 Å². The molecule has 28 heavy (non-hydrogen) atoms. The van der Waals surface area contributed by atoms with Gasteiger partial charge in [0.2, 0.25) is 0 Å². The first-order valence-corrected chi connectivity index (χ1v) is 9.12. The Balaban J connectivity index is 0.000000167. The van der Waals surface area contributed by atoms with Crippen LogP contribution < -0.4 is 22.9 Å². The molecular formula is C24H26N4. The van der Waals surface area contributed by atoms with Crippen LogP contribution in [0.25, 0.3) is 21.9 Å². The summed E-state index contributed by atoms with van der Waals surface area (Å²) in [5.74, 6) is 0. The zero-order valence-electron chi connectivity index (χ0n) is 16.2. The molecule has 0 aliphatic rings. The maximum atomic E-state index is 5.80. The number of benzene rings is 4. The van der Waals surface area contributed by atoms with Gasteiger partial charge in [0.1, 0.15) is 0 Å². The summed E-state index contributed by atoms with van der Waals surface area (Å²) in [6, 6.07) is 23.7. The molecule has 0 aliphatic carbocycles. The van der Waals surface area contributed by atoms with Crippen LogP contribution in [0.2, 0.25) is 0 Å². The first-order chi connectivity index (χ1) is 13.4. The van der Waals surface area contributed by atoms with Crippen molar-refractivity contribution in [3.8, 4) is 11.1 Å². The lowest BCUT2D eigenvalue weighted by Gasteiger charge is -2.07. The third-order valence-electron chi connectivity index (χ3n) is 4.86. The van der Waals surface area contributed by atoms with Crippen molar-refractivity contribution < 1.29 is 0 Å². The van der Waals surface area contributed by atoms with Gasteiger partial charge in [-0.05, 0) is 72.5 Å². The predicted octanol–water partition coefficient (Wildman–Crippen LogP) is 5.14. The Morgan fingerprint density at radius 2 is 0.857 bits per heavy atom. The van der Waals surface area contributed by atoms with Gasteiger partial charge in [-0.2, -0.15) is 0 Å². The molecule has 0 saturated heterocycles. The minimum absolute atomic E-state index is 0.778. The summed E-state index contributed by atoms with van der Waals surface area (Å²) in [5, 5.41) is 2.05. The summed E-state index contributed by atoms with van der Waals surface area (Å²) in [6.07, 6.45) is 0. The lowest BCUT2D eigenvalue weighted by Crippen LogP contribution is -1.91. The SMILES string of the molecule is Cc1cc(-c2ccc(N)c(C)c2)ccc1N.Nc1cccc2c(N)cccc12. The number of rotatable bonds is 1. The molecule has 0 unspecified atom stereocenters. The Bertz CT molecular complexity index is 1040. The van der Waals surface area contributed by atoms with Crippen LogP contribution in [0.5, 0.6) is 0 Å². The van der Waals surface area contributed by atoms with Crippen LogP contribution in [0.1, 0.15) is 11.1 Å². The molecule has 4 heteroatoms. The minimum atomic E-state index is 0.778. The molecule has 0 fully saturated rings. The molecule has 4 rings (SSSR count). The van der Waals surface area contributed by atoms with Crippen LogP contribution in [0.3, 0.4) is 0 Å². The molecule has 142 valence electrons. The van der Waals surface area contributed by atoms with Crippen molar-refractivity contribution >= 4 is 33.5 Å². The van der Waals surface area contributed by atoms with E-state index in [1.807, 2.05) is 74.5 Å². The summed E-state index contributed by atoms with van der Waals surface area (Å²) in [4.78, 5) is 0. The molecule has 0 aromatic heterocycles. The summed E-state index contributed by atoms with van der Waals surface area (Å²) in [7, 11) is 0. The van der Waals surface area contributed by atoms with Gasteiger partial charge in [0.15, 0.2) is 0 Å². The quantitative estimate of drug-likeness (QED) is 0.348. The zero-order chi connectivity index (χ0) is 20.3. The molecule has 4 aromatic rings. The Hall–Kier alpha value is -3.66. The molecule has 0 heterocycles. The fraction of sp³-hybridized carbons (Fsp3) is 0.0833. The van der Waals surface area contributed by atoms with Crippen molar-refractivity contribution in [1.29, 1.82) is 0 Å². The highest BCUT2D eigenvalue weighted by atomic mass is 14.6. The van der Waals surface area contributed by atoms with Gasteiger partial charge in [-0.15, -0.1) is 0 Å². The van der Waals surface area contributed by atoms with E-state index in [1.54, 1.807) is 0 Å². The summed E-state index contributed by atoms with van der Waals surface area (Å²) < 4.78 is 0. The van der Waals surface area contributed by atoms with Crippen LogP contribution in [-0.2, 0) is 0 Å². The molecule has 0 radical (unpaired) electrons. The topological polar surface area (TPSA) is 104 Å². The number of nitrogens with two attached hydrogens (primary N) is 4. The molecule has 4 aromatic carbocycles. The maximum absolute atomic E-state index is 5.80. The van der Waals surface area contributed by atoms with Crippen LogP contribution in [-0.4, -0.2) is 0 Å². The fourth-order valence-corrected chi connectivity index (χ4v) is 3.07. The van der Waals surface area contributed by atoms with Crippen LogP contribution in [0, 0.1) is 13.8 Å². The highest BCUT2D eigenvalue weighted by Crippen LogP contribution is 2.26. The van der Waals surface area contributed by atoms with Crippen LogP contribution >= 0.6 is 0 Å². The third-order valence-corrected chi connectivity index (χ3v) is 4.86. The predicted molar refractivity (Wildman–Crippen MR) is 123 cm³/mol. The largest absolute Gasteiger partial charge is 0.399 e. The van der Waals surface area contributed by atoms with E-state index in [-0.39, 0.29) is 0 Å². The van der Waals surface area contributed by atoms with E-state index in [9.17, 15) is 0 Å². The van der Waals surface area contributed by atoms with Crippen molar-refractivity contribution in [2.24, 2.45) is 0 Å². The van der Waals surface area contributed by atoms with E-state index in [4.69, 9.17) is 22.9 Å². The number of aryl methyl sites for hydroxylation is 2. The van der Waals surface area contributed by atoms with E-state index in [0.29, 0.717) is 0 Å². The Morgan fingerprint density at radius 1 is 0.464 bits per heavy atom. The Labute approximate surface area is 165 Å². The number of fused-ring (bicyclic) bond motifs is 1. The Morgan fingerprint density at radius 3 is 1.21 bits per heavy atom. The lowest BCUT2D eigenvalue weighted by atomic mass is 10.0. The van der Waals surface area contributed by atoms with Crippen molar-refractivity contribution in [3.05, 3.63) is 83.9 Å². The second-order valence-electron chi connectivity index (χ2n) is 6.93. The average molecular weight is 371 g/mol. The minimum Gasteiger partial charge on any atom is -0.399 e. The van der Waals surface area contributed by atoms with Crippen molar-refractivity contribution in [2.75, 3.05) is 22.9 Å². The van der Waals surface area contributed by atoms with Gasteiger partial charge in [0.25, 0.3) is 0 Å². The standard InChI is InChI=1S/C14H16N2.C10H10N2/c1-9-7-11(3-5-13(9)15)12-4-6-14(16)10(2)8-12;11-9-5-1-3-7-8(9)4-2-6-10(7)12/h3-8H,15-16H2,1-2H3;1-6H,11-12H2. The first-order valence-electron chi connectivity index (χ1n) is 9.12. The smallest absolute Gasteiger partial charge is 0.0394 e. The van der Waals surface area contributed by atoms with Gasteiger partial charge in [-0.3, -0.25) is 0 Å². The number of anilines is 4. The maximum Gasteiger partial charge on any atom is 0.0394 e. The molecule has 0 saturated carbocycles. The first kappa shape index (κ1) is 19.1. The monoisotopic (exact) mass is 370 g/mol. The zero-order valence-corrected chi connectivity index (χ0v) is 16.2. The van der Waals surface area contributed by atoms with Crippen molar-refractivity contribution in [3.63, 3.8) is 0 Å². The summed E-state index contributed by atoms with van der Waals surface area (Å²) in [6.45, 7) is 4.03. The molecule has 4 nitrogen and oxygen atoms in total. The second-order valence-corrected chi connectivity index (χ2v) is 6.93. The molecule has 8 N–H and O–H groups in total. The van der Waals surface area contributed by atoms with Gasteiger partial charge < -0.3 is 22.9 Å². The van der Waals surface area contributed by atoms with Gasteiger partial charge in [-0.1, -0.05) is 36.4 Å². The highest BCUT2D eigenvalue weighted by molar-refractivity contribution is 5.99. The molecule has 0 atom stereocenters. The summed E-state index contributed by atoms with van der Waals surface area (Å²) in [5.41, 5.74) is 30.9. The molecule has 0 aliphatic heterocycles. The Kier molecular flexibility index (Phi) is 5.41. The molecular weight excluding hydrogens is 344 g/mol. The number of nitrogen functional groups attached to an aromatic ring is 4. The van der Waals surface area contributed by atoms with E-state index >= 15 is 0 Å². The third kappa shape index (κ3) is 4.01. The van der Waals surface area contributed by atoms with Crippen LogP contribution in [0.15, 0.2) is 72.8 Å². The van der Waals surface area contributed by atoms with Gasteiger partial charge in [-0.25, -0.2) is 0 Å². The molecule has 0 bridgehead atoms. The number of hydrogen-bond donors (Lipinski definition) is 4. The van der Waals surface area contributed by atoms with Crippen LogP contribution in [0.4, 0.5) is 22.7 Å². The normalized spacial score (nSPS) is 10.4. The summed E-state index contributed by atoms with van der Waals surface area (Å²) >= 11 is 0. The lowest BCUT2D eigenvalue weighted by molar-refractivity contribution is 1.44. The molecule has 0 spiro atoms. The average Bonchev–Trinajstić information content (AvgIpc) is 2.68. The van der Waals surface area contributed by atoms with Gasteiger partial charge >= 0.3 is 0 Å². The second kappa shape index (κ2) is 7.92. The molecule has 0 amide bonds. The van der Waals surface area contributed by atoms with E-state index in [1.165, 1.54) is 11.1 Å². The van der Waals surface area contributed by atoms with E-state index in [2.05, 4.69) is 12.1 Å².